The third-order valence-electron chi connectivity index (χ3n) is 1.86. The minimum Gasteiger partial charge on any atom is -0.462 e. The molecule has 0 fully saturated rings. The van der Waals surface area contributed by atoms with Crippen LogP contribution >= 0.6 is 11.3 Å². The second kappa shape index (κ2) is 6.85. The zero-order valence-electron chi connectivity index (χ0n) is 9.60. The van der Waals surface area contributed by atoms with Crippen LogP contribution in [-0.4, -0.2) is 25.2 Å². The van der Waals surface area contributed by atoms with Crippen molar-refractivity contribution in [1.29, 1.82) is 0 Å². The molecular formula is C12H14O4S. The number of hydrogen-bond donors (Lipinski definition) is 0. The quantitative estimate of drug-likeness (QED) is 0.442. The third-order valence-corrected chi connectivity index (χ3v) is 2.59. The highest BCUT2D eigenvalue weighted by Crippen LogP contribution is 2.07. The molecule has 0 radical (unpaired) electrons. The van der Waals surface area contributed by atoms with Gasteiger partial charge in [-0.25, -0.2) is 4.79 Å². The summed E-state index contributed by atoms with van der Waals surface area (Å²) in [5.41, 5.74) is 1.26. The van der Waals surface area contributed by atoms with E-state index in [1.54, 1.807) is 6.92 Å². The molecule has 0 aliphatic carbocycles. The predicted octanol–water partition coefficient (Wildman–Crippen LogP) is 1.95. The molecule has 5 heteroatoms. The lowest BCUT2D eigenvalue weighted by atomic mass is 10.2. The van der Waals surface area contributed by atoms with Crippen LogP contribution in [0.15, 0.2) is 29.0 Å². The predicted molar refractivity (Wildman–Crippen MR) is 64.8 cm³/mol. The van der Waals surface area contributed by atoms with Gasteiger partial charge in [0.1, 0.15) is 13.2 Å². The number of hydrogen-bond acceptors (Lipinski definition) is 5. The molecule has 1 heterocycles. The second-order valence-electron chi connectivity index (χ2n) is 3.45. The molecule has 1 aromatic heterocycles. The van der Waals surface area contributed by atoms with Gasteiger partial charge >= 0.3 is 11.9 Å². The first-order valence-electron chi connectivity index (χ1n) is 5.09. The van der Waals surface area contributed by atoms with E-state index in [9.17, 15) is 9.59 Å². The van der Waals surface area contributed by atoms with Crippen LogP contribution in [0.25, 0.3) is 0 Å². The van der Waals surface area contributed by atoms with E-state index in [0.29, 0.717) is 5.57 Å². The molecule has 1 rings (SSSR count). The minimum absolute atomic E-state index is 0.0566. The maximum absolute atomic E-state index is 11.3. The molecule has 0 saturated carbocycles. The van der Waals surface area contributed by atoms with Gasteiger partial charge in [0.25, 0.3) is 0 Å². The Hall–Kier alpha value is -1.62. The minimum atomic E-state index is -0.473. The Balaban J connectivity index is 2.12. The van der Waals surface area contributed by atoms with Crippen molar-refractivity contribution in [3.63, 3.8) is 0 Å². The first-order valence-corrected chi connectivity index (χ1v) is 6.03. The van der Waals surface area contributed by atoms with E-state index in [4.69, 9.17) is 9.47 Å². The van der Waals surface area contributed by atoms with Crippen LogP contribution in [-0.2, 0) is 25.5 Å². The van der Waals surface area contributed by atoms with E-state index in [1.807, 2.05) is 16.8 Å². The fourth-order valence-electron chi connectivity index (χ4n) is 1.02. The van der Waals surface area contributed by atoms with Gasteiger partial charge in [-0.05, 0) is 29.3 Å². The van der Waals surface area contributed by atoms with Gasteiger partial charge in [-0.15, -0.1) is 0 Å². The van der Waals surface area contributed by atoms with Gasteiger partial charge in [-0.1, -0.05) is 6.58 Å². The zero-order chi connectivity index (χ0) is 12.7. The van der Waals surface area contributed by atoms with Crippen molar-refractivity contribution in [3.05, 3.63) is 34.5 Å². The highest BCUT2D eigenvalue weighted by molar-refractivity contribution is 7.07. The molecule has 0 unspecified atom stereocenters. The number of esters is 2. The Bertz CT molecular complexity index is 395. The van der Waals surface area contributed by atoms with Crippen LogP contribution in [0.5, 0.6) is 0 Å². The lowest BCUT2D eigenvalue weighted by Gasteiger charge is -2.05. The summed E-state index contributed by atoms with van der Waals surface area (Å²) >= 11 is 1.53. The fourth-order valence-corrected chi connectivity index (χ4v) is 1.69. The van der Waals surface area contributed by atoms with Crippen LogP contribution in [0.1, 0.15) is 12.5 Å². The molecule has 0 N–H and O–H groups in total. The van der Waals surface area contributed by atoms with Crippen LogP contribution in [0.4, 0.5) is 0 Å². The van der Waals surface area contributed by atoms with Gasteiger partial charge in [0.2, 0.25) is 0 Å². The van der Waals surface area contributed by atoms with E-state index in [1.165, 1.54) is 11.3 Å². The molecule has 1 aromatic rings. The first-order chi connectivity index (χ1) is 8.09. The van der Waals surface area contributed by atoms with E-state index in [-0.39, 0.29) is 25.6 Å². The highest BCUT2D eigenvalue weighted by Gasteiger charge is 2.06. The number of rotatable bonds is 6. The summed E-state index contributed by atoms with van der Waals surface area (Å²) in [6, 6.07) is 1.87. The van der Waals surface area contributed by atoms with E-state index >= 15 is 0 Å². The molecule has 0 bridgehead atoms. The van der Waals surface area contributed by atoms with Crippen molar-refractivity contribution in [1.82, 2.24) is 0 Å². The van der Waals surface area contributed by atoms with Crippen LogP contribution in [0.2, 0.25) is 0 Å². The summed E-state index contributed by atoms with van der Waals surface area (Å²) in [7, 11) is 0. The molecule has 0 aromatic carbocycles. The maximum Gasteiger partial charge on any atom is 0.333 e. The Morgan fingerprint density at radius 1 is 1.35 bits per heavy atom. The number of carbonyl (C=O) groups excluding carboxylic acids is 2. The Morgan fingerprint density at radius 3 is 2.65 bits per heavy atom. The molecule has 92 valence electrons. The van der Waals surface area contributed by atoms with Gasteiger partial charge in [-0.2, -0.15) is 11.3 Å². The summed E-state index contributed by atoms with van der Waals surface area (Å²) < 4.78 is 9.68. The molecule has 0 aliphatic rings. The summed E-state index contributed by atoms with van der Waals surface area (Å²) in [5.74, 6) is -0.798. The van der Waals surface area contributed by atoms with Gasteiger partial charge in [0.05, 0.1) is 6.42 Å². The Labute approximate surface area is 104 Å². The summed E-state index contributed by atoms with van der Waals surface area (Å²) in [5, 5.41) is 3.79. The van der Waals surface area contributed by atoms with Crippen LogP contribution < -0.4 is 0 Å². The molecular weight excluding hydrogens is 240 g/mol. The normalized spacial score (nSPS) is 9.71. The van der Waals surface area contributed by atoms with E-state index < -0.39 is 5.97 Å². The third kappa shape index (κ3) is 5.31. The largest absolute Gasteiger partial charge is 0.462 e. The number of carbonyl (C=O) groups is 2. The number of ether oxygens (including phenoxy) is 2. The molecule has 4 nitrogen and oxygen atoms in total. The SMILES string of the molecule is C=C(C)C(=O)OCCOC(=O)Cc1ccsc1. The lowest BCUT2D eigenvalue weighted by molar-refractivity contribution is -0.149. The van der Waals surface area contributed by atoms with Gasteiger partial charge < -0.3 is 9.47 Å². The Kier molecular flexibility index (Phi) is 5.42. The van der Waals surface area contributed by atoms with Crippen LogP contribution in [0.3, 0.4) is 0 Å². The zero-order valence-corrected chi connectivity index (χ0v) is 10.4. The average Bonchev–Trinajstić information content (AvgIpc) is 2.76. The fraction of sp³-hybridized carbons (Fsp3) is 0.333. The molecule has 17 heavy (non-hydrogen) atoms. The Morgan fingerprint density at radius 2 is 2.06 bits per heavy atom. The van der Waals surface area contributed by atoms with Crippen molar-refractivity contribution >= 4 is 23.3 Å². The highest BCUT2D eigenvalue weighted by atomic mass is 32.1. The van der Waals surface area contributed by atoms with Crippen molar-refractivity contribution in [3.8, 4) is 0 Å². The average molecular weight is 254 g/mol. The summed E-state index contributed by atoms with van der Waals surface area (Å²) in [4.78, 5) is 22.3. The van der Waals surface area contributed by atoms with Crippen LogP contribution in [0, 0.1) is 0 Å². The topological polar surface area (TPSA) is 52.6 Å². The smallest absolute Gasteiger partial charge is 0.333 e. The summed E-state index contributed by atoms with van der Waals surface area (Å²) in [6.07, 6.45) is 0.248. The van der Waals surface area contributed by atoms with E-state index in [0.717, 1.165) is 5.56 Å². The van der Waals surface area contributed by atoms with Crippen molar-refractivity contribution < 1.29 is 19.1 Å². The van der Waals surface area contributed by atoms with Gasteiger partial charge in [0, 0.05) is 5.57 Å². The standard InChI is InChI=1S/C12H14O4S/c1-9(2)12(14)16-5-4-15-11(13)7-10-3-6-17-8-10/h3,6,8H,1,4-5,7H2,2H3. The molecule has 0 amide bonds. The van der Waals surface area contributed by atoms with Crippen molar-refractivity contribution in [2.45, 2.75) is 13.3 Å². The van der Waals surface area contributed by atoms with Gasteiger partial charge in [-0.3, -0.25) is 4.79 Å². The molecule has 0 aliphatic heterocycles. The van der Waals surface area contributed by atoms with E-state index in [2.05, 4.69) is 6.58 Å². The van der Waals surface area contributed by atoms with Gasteiger partial charge in [0.15, 0.2) is 0 Å². The maximum atomic E-state index is 11.3. The van der Waals surface area contributed by atoms with Crippen molar-refractivity contribution in [2.75, 3.05) is 13.2 Å². The monoisotopic (exact) mass is 254 g/mol. The number of thiophene rings is 1. The first kappa shape index (κ1) is 13.4. The molecule has 0 atom stereocenters. The molecule has 0 saturated heterocycles. The van der Waals surface area contributed by atoms with Crippen molar-refractivity contribution in [2.24, 2.45) is 0 Å². The summed E-state index contributed by atoms with van der Waals surface area (Å²) in [6.45, 7) is 5.13. The lowest BCUT2D eigenvalue weighted by Crippen LogP contribution is -2.15. The molecule has 0 spiro atoms. The second-order valence-corrected chi connectivity index (χ2v) is 4.23.